The highest BCUT2D eigenvalue weighted by Crippen LogP contribution is 2.14. The van der Waals surface area contributed by atoms with E-state index in [9.17, 15) is 4.79 Å². The molecule has 2 N–H and O–H groups in total. The fourth-order valence-corrected chi connectivity index (χ4v) is 1.88. The van der Waals surface area contributed by atoms with Gasteiger partial charge in [0.15, 0.2) is 5.13 Å². The van der Waals surface area contributed by atoms with Crippen molar-refractivity contribution in [3.8, 4) is 0 Å². The van der Waals surface area contributed by atoms with Crippen LogP contribution in [-0.4, -0.2) is 22.6 Å². The smallest absolute Gasteiger partial charge is 0.306 e. The van der Waals surface area contributed by atoms with E-state index >= 15 is 0 Å². The van der Waals surface area contributed by atoms with E-state index in [4.69, 9.17) is 5.11 Å². The number of anilines is 1. The predicted molar refractivity (Wildman–Crippen MR) is 61.4 cm³/mol. The SMILES string of the molecule is Cc1csc(NCCCC(C)C(=O)O)n1. The van der Waals surface area contributed by atoms with E-state index in [0.29, 0.717) is 6.42 Å². The van der Waals surface area contributed by atoms with E-state index in [1.807, 2.05) is 12.3 Å². The van der Waals surface area contributed by atoms with Gasteiger partial charge in [-0.15, -0.1) is 11.3 Å². The lowest BCUT2D eigenvalue weighted by molar-refractivity contribution is -0.141. The number of aryl methyl sites for hydroxylation is 1. The standard InChI is InChI=1S/C10H16N2O2S/c1-7(9(13)14)4-3-5-11-10-12-8(2)6-15-10/h6-7H,3-5H2,1-2H3,(H,11,12)(H,13,14). The Morgan fingerprint density at radius 1 is 1.73 bits per heavy atom. The summed E-state index contributed by atoms with van der Waals surface area (Å²) in [5, 5.41) is 14.7. The van der Waals surface area contributed by atoms with Crippen LogP contribution in [-0.2, 0) is 4.79 Å². The van der Waals surface area contributed by atoms with Gasteiger partial charge in [-0.1, -0.05) is 6.92 Å². The van der Waals surface area contributed by atoms with Gasteiger partial charge in [-0.25, -0.2) is 4.98 Å². The number of hydrogen-bond donors (Lipinski definition) is 2. The molecule has 1 aromatic rings. The van der Waals surface area contributed by atoms with Gasteiger partial charge < -0.3 is 10.4 Å². The summed E-state index contributed by atoms with van der Waals surface area (Å²) in [4.78, 5) is 14.8. The third-order valence-electron chi connectivity index (χ3n) is 2.13. The molecular weight excluding hydrogens is 212 g/mol. The van der Waals surface area contributed by atoms with Crippen LogP contribution in [0.25, 0.3) is 0 Å². The van der Waals surface area contributed by atoms with Crippen molar-refractivity contribution in [1.29, 1.82) is 0 Å². The molecule has 0 aliphatic rings. The van der Waals surface area contributed by atoms with Crippen molar-refractivity contribution in [1.82, 2.24) is 4.98 Å². The first-order chi connectivity index (χ1) is 7.09. The third kappa shape index (κ3) is 4.29. The number of thiazole rings is 1. The second kappa shape index (κ2) is 5.70. The number of aliphatic carboxylic acids is 1. The molecule has 5 heteroatoms. The molecule has 84 valence electrons. The van der Waals surface area contributed by atoms with Crippen molar-refractivity contribution in [2.45, 2.75) is 26.7 Å². The molecule has 0 radical (unpaired) electrons. The second-order valence-corrected chi connectivity index (χ2v) is 4.46. The molecule has 15 heavy (non-hydrogen) atoms. The molecule has 0 fully saturated rings. The fourth-order valence-electron chi connectivity index (χ4n) is 1.16. The topological polar surface area (TPSA) is 62.2 Å². The third-order valence-corrected chi connectivity index (χ3v) is 3.05. The number of hydrogen-bond acceptors (Lipinski definition) is 4. The largest absolute Gasteiger partial charge is 0.481 e. The van der Waals surface area contributed by atoms with Crippen LogP contribution in [0.2, 0.25) is 0 Å². The molecule has 0 bridgehead atoms. The lowest BCUT2D eigenvalue weighted by Crippen LogP contribution is -2.11. The van der Waals surface area contributed by atoms with Gasteiger partial charge in [-0.2, -0.15) is 0 Å². The summed E-state index contributed by atoms with van der Waals surface area (Å²) in [7, 11) is 0. The van der Waals surface area contributed by atoms with Crippen LogP contribution in [0.5, 0.6) is 0 Å². The number of nitrogens with zero attached hydrogens (tertiary/aromatic N) is 1. The van der Waals surface area contributed by atoms with Gasteiger partial charge in [0, 0.05) is 11.9 Å². The van der Waals surface area contributed by atoms with Crippen molar-refractivity contribution in [3.63, 3.8) is 0 Å². The van der Waals surface area contributed by atoms with Crippen molar-refractivity contribution in [3.05, 3.63) is 11.1 Å². The summed E-state index contributed by atoms with van der Waals surface area (Å²) < 4.78 is 0. The lowest BCUT2D eigenvalue weighted by Gasteiger charge is -2.05. The van der Waals surface area contributed by atoms with E-state index in [1.54, 1.807) is 18.3 Å². The molecule has 0 amide bonds. The lowest BCUT2D eigenvalue weighted by atomic mass is 10.1. The Morgan fingerprint density at radius 3 is 3.00 bits per heavy atom. The Morgan fingerprint density at radius 2 is 2.47 bits per heavy atom. The molecular formula is C10H16N2O2S. The average Bonchev–Trinajstić information content (AvgIpc) is 2.58. The number of carbonyl (C=O) groups is 1. The van der Waals surface area contributed by atoms with Gasteiger partial charge >= 0.3 is 5.97 Å². The highest BCUT2D eigenvalue weighted by Gasteiger charge is 2.09. The molecule has 1 heterocycles. The molecule has 0 aliphatic carbocycles. The fraction of sp³-hybridized carbons (Fsp3) is 0.600. The highest BCUT2D eigenvalue weighted by atomic mass is 32.1. The van der Waals surface area contributed by atoms with Crippen molar-refractivity contribution in [2.24, 2.45) is 5.92 Å². The zero-order valence-electron chi connectivity index (χ0n) is 8.99. The van der Waals surface area contributed by atoms with E-state index < -0.39 is 5.97 Å². The van der Waals surface area contributed by atoms with Crippen molar-refractivity contribution in [2.75, 3.05) is 11.9 Å². The minimum atomic E-state index is -0.722. The summed E-state index contributed by atoms with van der Waals surface area (Å²) in [6.07, 6.45) is 1.55. The molecule has 0 aromatic carbocycles. The summed E-state index contributed by atoms with van der Waals surface area (Å²) in [6.45, 7) is 4.47. The monoisotopic (exact) mass is 228 g/mol. The van der Waals surface area contributed by atoms with Crippen LogP contribution in [0.3, 0.4) is 0 Å². The van der Waals surface area contributed by atoms with Gasteiger partial charge in [0.25, 0.3) is 0 Å². The maximum Gasteiger partial charge on any atom is 0.306 e. The molecule has 0 spiro atoms. The molecule has 0 saturated carbocycles. The summed E-state index contributed by atoms with van der Waals surface area (Å²) in [5.74, 6) is -0.982. The Hall–Kier alpha value is -1.10. The summed E-state index contributed by atoms with van der Waals surface area (Å²) in [6, 6.07) is 0. The van der Waals surface area contributed by atoms with Crippen LogP contribution in [0.15, 0.2) is 5.38 Å². The number of aromatic nitrogens is 1. The second-order valence-electron chi connectivity index (χ2n) is 3.60. The molecule has 4 nitrogen and oxygen atoms in total. The van der Waals surface area contributed by atoms with Crippen LogP contribution >= 0.6 is 11.3 Å². The van der Waals surface area contributed by atoms with Gasteiger partial charge in [0.2, 0.25) is 0 Å². The van der Waals surface area contributed by atoms with E-state index in [2.05, 4.69) is 10.3 Å². The summed E-state index contributed by atoms with van der Waals surface area (Å²) >= 11 is 1.58. The van der Waals surface area contributed by atoms with Crippen LogP contribution < -0.4 is 5.32 Å². The number of rotatable bonds is 6. The predicted octanol–water partition coefficient (Wildman–Crippen LogP) is 2.36. The zero-order chi connectivity index (χ0) is 11.3. The average molecular weight is 228 g/mol. The number of carboxylic acids is 1. The number of nitrogens with one attached hydrogen (secondary N) is 1. The van der Waals surface area contributed by atoms with Crippen molar-refractivity contribution >= 4 is 22.4 Å². The van der Waals surface area contributed by atoms with Crippen LogP contribution in [0.1, 0.15) is 25.5 Å². The Labute approximate surface area is 93.4 Å². The molecule has 1 aromatic heterocycles. The van der Waals surface area contributed by atoms with E-state index in [0.717, 1.165) is 23.8 Å². The first-order valence-electron chi connectivity index (χ1n) is 4.98. The van der Waals surface area contributed by atoms with Gasteiger partial charge in [0.1, 0.15) is 0 Å². The highest BCUT2D eigenvalue weighted by molar-refractivity contribution is 7.13. The van der Waals surface area contributed by atoms with Gasteiger partial charge in [0.05, 0.1) is 11.6 Å². The van der Waals surface area contributed by atoms with Crippen LogP contribution in [0, 0.1) is 12.8 Å². The van der Waals surface area contributed by atoms with Gasteiger partial charge in [-0.05, 0) is 19.8 Å². The molecule has 0 aliphatic heterocycles. The quantitative estimate of drug-likeness (QED) is 0.734. The minimum absolute atomic E-state index is 0.259. The number of carboxylic acid groups (broad SMARTS) is 1. The molecule has 0 saturated heterocycles. The molecule has 1 atom stereocenters. The Kier molecular flexibility index (Phi) is 4.55. The summed E-state index contributed by atoms with van der Waals surface area (Å²) in [5.41, 5.74) is 1.02. The van der Waals surface area contributed by atoms with E-state index in [-0.39, 0.29) is 5.92 Å². The van der Waals surface area contributed by atoms with Crippen molar-refractivity contribution < 1.29 is 9.90 Å². The zero-order valence-corrected chi connectivity index (χ0v) is 9.80. The maximum absolute atomic E-state index is 10.5. The molecule has 1 unspecified atom stereocenters. The van der Waals surface area contributed by atoms with Gasteiger partial charge in [-0.3, -0.25) is 4.79 Å². The van der Waals surface area contributed by atoms with Crippen LogP contribution in [0.4, 0.5) is 5.13 Å². The first-order valence-corrected chi connectivity index (χ1v) is 5.86. The maximum atomic E-state index is 10.5. The minimum Gasteiger partial charge on any atom is -0.481 e. The first kappa shape index (κ1) is 12.0. The normalized spacial score (nSPS) is 12.4. The molecule has 1 rings (SSSR count). The Balaban J connectivity index is 2.14. The van der Waals surface area contributed by atoms with E-state index in [1.165, 1.54) is 0 Å². The Bertz CT molecular complexity index is 325.